The second-order valence-corrected chi connectivity index (χ2v) is 6.71. The second-order valence-electron chi connectivity index (χ2n) is 5.72. The van der Waals surface area contributed by atoms with Crippen molar-refractivity contribution >= 4 is 40.2 Å². The predicted molar refractivity (Wildman–Crippen MR) is 106 cm³/mol. The Labute approximate surface area is 156 Å². The minimum Gasteiger partial charge on any atom is -0.324 e. The molecule has 3 rings (SSSR count). The molecular weight excluding hydrogens is 346 g/mol. The van der Waals surface area contributed by atoms with E-state index in [-0.39, 0.29) is 18.2 Å². The van der Waals surface area contributed by atoms with Gasteiger partial charge in [-0.1, -0.05) is 42.1 Å². The molecule has 1 aromatic heterocycles. The number of anilines is 1. The standard InChI is InChI=1S/C20H19N3O2S/c1-3-12-26-20-22-17-10-6-7-11-18(17)23(20)13-19(25)21-16-9-5-4-8-15(16)14(2)24/h3-11H,1,12-13H2,2H3,(H,21,25). The van der Waals surface area contributed by atoms with Gasteiger partial charge in [0.05, 0.1) is 16.7 Å². The van der Waals surface area contributed by atoms with Crippen LogP contribution in [-0.4, -0.2) is 27.0 Å². The lowest BCUT2D eigenvalue weighted by molar-refractivity contribution is -0.116. The van der Waals surface area contributed by atoms with E-state index in [1.54, 1.807) is 30.3 Å². The van der Waals surface area contributed by atoms with E-state index in [1.165, 1.54) is 18.7 Å². The zero-order valence-corrected chi connectivity index (χ0v) is 15.3. The van der Waals surface area contributed by atoms with Crippen molar-refractivity contribution in [3.8, 4) is 0 Å². The Balaban J connectivity index is 1.87. The smallest absolute Gasteiger partial charge is 0.244 e. The van der Waals surface area contributed by atoms with Crippen LogP contribution in [0.2, 0.25) is 0 Å². The predicted octanol–water partition coefficient (Wildman–Crippen LogP) is 4.16. The molecule has 0 fully saturated rings. The Morgan fingerprint density at radius 1 is 1.19 bits per heavy atom. The molecule has 1 amide bonds. The quantitative estimate of drug-likeness (QED) is 0.388. The average molecular weight is 365 g/mol. The lowest BCUT2D eigenvalue weighted by atomic mass is 10.1. The monoisotopic (exact) mass is 365 g/mol. The van der Waals surface area contributed by atoms with Crippen molar-refractivity contribution in [2.45, 2.75) is 18.6 Å². The molecule has 0 atom stereocenters. The van der Waals surface area contributed by atoms with Gasteiger partial charge in [0.25, 0.3) is 0 Å². The van der Waals surface area contributed by atoms with Crippen LogP contribution in [0.15, 0.2) is 66.3 Å². The molecule has 0 aliphatic heterocycles. The number of imidazole rings is 1. The normalized spacial score (nSPS) is 10.7. The van der Waals surface area contributed by atoms with Gasteiger partial charge in [-0.15, -0.1) is 6.58 Å². The Morgan fingerprint density at radius 2 is 1.92 bits per heavy atom. The van der Waals surface area contributed by atoms with Gasteiger partial charge in [-0.05, 0) is 31.2 Å². The Morgan fingerprint density at radius 3 is 2.69 bits per heavy atom. The molecule has 6 heteroatoms. The number of benzene rings is 2. The zero-order chi connectivity index (χ0) is 18.5. The number of Topliss-reactive ketones (excluding diaryl/α,β-unsaturated/α-hetero) is 1. The molecule has 0 aliphatic rings. The number of hydrogen-bond donors (Lipinski definition) is 1. The van der Waals surface area contributed by atoms with E-state index in [2.05, 4.69) is 16.9 Å². The number of fused-ring (bicyclic) bond motifs is 1. The molecule has 0 spiro atoms. The Kier molecular flexibility index (Phi) is 5.53. The van der Waals surface area contributed by atoms with Gasteiger partial charge in [0.1, 0.15) is 6.54 Å². The maximum atomic E-state index is 12.6. The van der Waals surface area contributed by atoms with E-state index in [0.717, 1.165) is 16.2 Å². The number of carbonyl (C=O) groups excluding carboxylic acids is 2. The van der Waals surface area contributed by atoms with Gasteiger partial charge < -0.3 is 9.88 Å². The molecule has 0 aliphatic carbocycles. The highest BCUT2D eigenvalue weighted by molar-refractivity contribution is 7.99. The van der Waals surface area contributed by atoms with Crippen molar-refractivity contribution in [3.63, 3.8) is 0 Å². The topological polar surface area (TPSA) is 64.0 Å². The van der Waals surface area contributed by atoms with Crippen LogP contribution < -0.4 is 5.32 Å². The lowest BCUT2D eigenvalue weighted by Gasteiger charge is -2.11. The number of amides is 1. The van der Waals surface area contributed by atoms with Crippen molar-refractivity contribution in [1.82, 2.24) is 9.55 Å². The van der Waals surface area contributed by atoms with Crippen LogP contribution >= 0.6 is 11.8 Å². The maximum absolute atomic E-state index is 12.6. The highest BCUT2D eigenvalue weighted by Gasteiger charge is 2.15. The van der Waals surface area contributed by atoms with Crippen LogP contribution in [0.5, 0.6) is 0 Å². The first kappa shape index (κ1) is 17.9. The van der Waals surface area contributed by atoms with Crippen molar-refractivity contribution in [2.24, 2.45) is 0 Å². The molecule has 0 bridgehead atoms. The molecule has 3 aromatic rings. The van der Waals surface area contributed by atoms with E-state index >= 15 is 0 Å². The summed E-state index contributed by atoms with van der Waals surface area (Å²) in [4.78, 5) is 29.0. The number of nitrogens with zero attached hydrogens (tertiary/aromatic N) is 2. The average Bonchev–Trinajstić information content (AvgIpc) is 2.97. The first-order valence-corrected chi connectivity index (χ1v) is 9.17. The van der Waals surface area contributed by atoms with Gasteiger partial charge >= 0.3 is 0 Å². The van der Waals surface area contributed by atoms with Crippen molar-refractivity contribution in [1.29, 1.82) is 0 Å². The molecular formula is C20H19N3O2S. The number of carbonyl (C=O) groups is 2. The molecule has 2 aromatic carbocycles. The molecule has 0 radical (unpaired) electrons. The molecule has 1 heterocycles. The van der Waals surface area contributed by atoms with E-state index in [1.807, 2.05) is 28.8 Å². The summed E-state index contributed by atoms with van der Waals surface area (Å²) in [7, 11) is 0. The van der Waals surface area contributed by atoms with Crippen LogP contribution in [0.4, 0.5) is 5.69 Å². The first-order valence-electron chi connectivity index (χ1n) is 8.19. The summed E-state index contributed by atoms with van der Waals surface area (Å²) in [5, 5.41) is 3.61. The summed E-state index contributed by atoms with van der Waals surface area (Å²) in [5.41, 5.74) is 2.76. The van der Waals surface area contributed by atoms with Crippen molar-refractivity contribution in [3.05, 3.63) is 66.7 Å². The Hall–Kier alpha value is -2.86. The minimum absolute atomic E-state index is 0.0868. The number of ketones is 1. The highest BCUT2D eigenvalue weighted by atomic mass is 32.2. The number of para-hydroxylation sites is 3. The molecule has 0 saturated carbocycles. The van der Waals surface area contributed by atoms with Gasteiger partial charge in [-0.3, -0.25) is 9.59 Å². The molecule has 0 unspecified atom stereocenters. The molecule has 1 N–H and O–H groups in total. The van der Waals surface area contributed by atoms with E-state index < -0.39 is 0 Å². The van der Waals surface area contributed by atoms with Crippen molar-refractivity contribution < 1.29 is 9.59 Å². The largest absolute Gasteiger partial charge is 0.324 e. The summed E-state index contributed by atoms with van der Waals surface area (Å²) in [6.07, 6.45) is 1.80. The van der Waals surface area contributed by atoms with Crippen molar-refractivity contribution in [2.75, 3.05) is 11.1 Å². The van der Waals surface area contributed by atoms with Crippen LogP contribution in [0.3, 0.4) is 0 Å². The van der Waals surface area contributed by atoms with Crippen LogP contribution in [0.1, 0.15) is 17.3 Å². The van der Waals surface area contributed by atoms with Gasteiger partial charge in [-0.2, -0.15) is 0 Å². The fourth-order valence-corrected chi connectivity index (χ4v) is 3.43. The number of aromatic nitrogens is 2. The molecule has 0 saturated heterocycles. The maximum Gasteiger partial charge on any atom is 0.244 e. The fourth-order valence-electron chi connectivity index (χ4n) is 2.68. The van der Waals surface area contributed by atoms with Gasteiger partial charge in [0, 0.05) is 11.3 Å². The van der Waals surface area contributed by atoms with E-state index in [4.69, 9.17) is 0 Å². The third-order valence-corrected chi connectivity index (χ3v) is 4.80. The number of hydrogen-bond acceptors (Lipinski definition) is 4. The highest BCUT2D eigenvalue weighted by Crippen LogP contribution is 2.24. The van der Waals surface area contributed by atoms with Crippen LogP contribution in [-0.2, 0) is 11.3 Å². The summed E-state index contributed by atoms with van der Waals surface area (Å²) >= 11 is 1.53. The summed E-state index contributed by atoms with van der Waals surface area (Å²) in [6.45, 7) is 5.34. The van der Waals surface area contributed by atoms with Gasteiger partial charge in [0.2, 0.25) is 5.91 Å². The van der Waals surface area contributed by atoms with Crippen LogP contribution in [0, 0.1) is 0 Å². The van der Waals surface area contributed by atoms with Gasteiger partial charge in [0.15, 0.2) is 10.9 Å². The fraction of sp³-hybridized carbons (Fsp3) is 0.150. The third kappa shape index (κ3) is 3.86. The molecule has 5 nitrogen and oxygen atoms in total. The molecule has 132 valence electrons. The van der Waals surface area contributed by atoms with E-state index in [0.29, 0.717) is 17.0 Å². The van der Waals surface area contributed by atoms with Crippen LogP contribution in [0.25, 0.3) is 11.0 Å². The SMILES string of the molecule is C=CCSc1nc2ccccc2n1CC(=O)Nc1ccccc1C(C)=O. The third-order valence-electron chi connectivity index (χ3n) is 3.83. The zero-order valence-electron chi connectivity index (χ0n) is 14.4. The molecule has 26 heavy (non-hydrogen) atoms. The summed E-state index contributed by atoms with van der Waals surface area (Å²) in [6, 6.07) is 14.7. The van der Waals surface area contributed by atoms with E-state index in [9.17, 15) is 9.59 Å². The van der Waals surface area contributed by atoms with Gasteiger partial charge in [-0.25, -0.2) is 4.98 Å². The summed E-state index contributed by atoms with van der Waals surface area (Å²) < 4.78 is 1.88. The second kappa shape index (κ2) is 8.01. The Bertz CT molecular complexity index is 978. The first-order chi connectivity index (χ1) is 12.6. The number of thioether (sulfide) groups is 1. The summed E-state index contributed by atoms with van der Waals surface area (Å²) in [5.74, 6) is 0.413. The number of nitrogens with one attached hydrogen (secondary N) is 1. The lowest BCUT2D eigenvalue weighted by Crippen LogP contribution is -2.20. The minimum atomic E-state index is -0.206. The number of rotatable bonds is 7.